The molecule has 2 heterocycles. The van der Waals surface area contributed by atoms with Gasteiger partial charge in [-0.25, -0.2) is 8.42 Å². The number of amides is 1. The normalized spacial score (nSPS) is 18.0. The largest absolute Gasteiger partial charge is 0.343 e. The summed E-state index contributed by atoms with van der Waals surface area (Å²) in [6, 6.07) is 3.93. The Labute approximate surface area is 132 Å². The van der Waals surface area contributed by atoms with E-state index < -0.39 is 9.84 Å². The van der Waals surface area contributed by atoms with Crippen molar-refractivity contribution in [3.05, 3.63) is 30.1 Å². The van der Waals surface area contributed by atoms with Crippen LogP contribution in [0, 0.1) is 5.92 Å². The lowest BCUT2D eigenvalue weighted by Gasteiger charge is -2.26. The van der Waals surface area contributed by atoms with E-state index >= 15 is 0 Å². The molecule has 0 atom stereocenters. The molecule has 0 bridgehead atoms. The second-order valence-electron chi connectivity index (χ2n) is 5.88. The molecule has 1 aliphatic rings. The van der Waals surface area contributed by atoms with Gasteiger partial charge in [-0.1, -0.05) is 0 Å². The number of pyridine rings is 1. The van der Waals surface area contributed by atoms with E-state index in [4.69, 9.17) is 0 Å². The summed E-state index contributed by atoms with van der Waals surface area (Å²) in [4.78, 5) is 18.2. The third kappa shape index (κ3) is 5.09. The molecule has 0 spiro atoms. The first-order valence-electron chi connectivity index (χ1n) is 7.87. The number of rotatable bonds is 6. The number of sulfone groups is 1. The van der Waals surface area contributed by atoms with E-state index in [2.05, 4.69) is 4.98 Å². The van der Waals surface area contributed by atoms with Gasteiger partial charge in [0.15, 0.2) is 0 Å². The number of carbonyl (C=O) groups is 1. The highest BCUT2D eigenvalue weighted by atomic mass is 32.2. The molecule has 6 heteroatoms. The first-order chi connectivity index (χ1) is 10.5. The average Bonchev–Trinajstić information content (AvgIpc) is 2.51. The summed E-state index contributed by atoms with van der Waals surface area (Å²) in [5.74, 6) is 0.814. The first-order valence-corrected chi connectivity index (χ1v) is 9.69. The van der Waals surface area contributed by atoms with E-state index in [9.17, 15) is 13.2 Å². The van der Waals surface area contributed by atoms with Crippen molar-refractivity contribution in [2.24, 2.45) is 5.92 Å². The zero-order valence-corrected chi connectivity index (χ0v) is 13.9. The Hall–Kier alpha value is -1.43. The maximum Gasteiger partial charge on any atom is 0.222 e. The van der Waals surface area contributed by atoms with Gasteiger partial charge in [-0.15, -0.1) is 0 Å². The van der Waals surface area contributed by atoms with Crippen LogP contribution in [-0.2, 0) is 21.1 Å². The zero-order valence-electron chi connectivity index (χ0n) is 13.1. The van der Waals surface area contributed by atoms with Crippen molar-refractivity contribution in [1.29, 1.82) is 0 Å². The maximum absolute atomic E-state index is 12.4. The zero-order chi connectivity index (χ0) is 16.0. The van der Waals surface area contributed by atoms with Crippen molar-refractivity contribution in [2.75, 3.05) is 24.6 Å². The summed E-state index contributed by atoms with van der Waals surface area (Å²) < 4.78 is 22.9. The van der Waals surface area contributed by atoms with Crippen molar-refractivity contribution in [3.63, 3.8) is 0 Å². The summed E-state index contributed by atoms with van der Waals surface area (Å²) in [7, 11) is -2.85. The number of nitrogens with zero attached hydrogens (tertiary/aromatic N) is 2. The first kappa shape index (κ1) is 16.9. The van der Waals surface area contributed by atoms with Gasteiger partial charge in [0.1, 0.15) is 9.84 Å². The summed E-state index contributed by atoms with van der Waals surface area (Å²) in [6.07, 6.45) is 6.05. The van der Waals surface area contributed by atoms with Crippen molar-refractivity contribution < 1.29 is 13.2 Å². The van der Waals surface area contributed by atoms with Gasteiger partial charge >= 0.3 is 0 Å². The summed E-state index contributed by atoms with van der Waals surface area (Å²) in [6.45, 7) is 3.37. The summed E-state index contributed by atoms with van der Waals surface area (Å²) >= 11 is 0. The molecule has 0 aromatic carbocycles. The molecule has 22 heavy (non-hydrogen) atoms. The lowest BCUT2D eigenvalue weighted by molar-refractivity contribution is -0.132. The Morgan fingerprint density at radius 2 is 1.91 bits per heavy atom. The van der Waals surface area contributed by atoms with Crippen LogP contribution in [0.4, 0.5) is 0 Å². The van der Waals surface area contributed by atoms with Gasteiger partial charge in [-0.3, -0.25) is 9.78 Å². The summed E-state index contributed by atoms with van der Waals surface area (Å²) in [5.41, 5.74) is 1.17. The average molecular weight is 324 g/mol. The molecule has 1 fully saturated rings. The standard InChI is InChI=1S/C16H24N2O3S/c1-2-18(10-5-14-3-8-17-9-4-14)16(19)13-15-6-11-22(20,21)12-7-15/h3-4,8-9,15H,2,5-7,10-13H2,1H3. The second-order valence-corrected chi connectivity index (χ2v) is 8.18. The minimum atomic E-state index is -2.85. The molecule has 5 nitrogen and oxygen atoms in total. The van der Waals surface area contributed by atoms with Gasteiger partial charge in [0.2, 0.25) is 5.91 Å². The highest BCUT2D eigenvalue weighted by Gasteiger charge is 2.26. The number of hydrogen-bond acceptors (Lipinski definition) is 4. The van der Waals surface area contributed by atoms with Crippen molar-refractivity contribution in [2.45, 2.75) is 32.6 Å². The van der Waals surface area contributed by atoms with Gasteiger partial charge in [-0.2, -0.15) is 0 Å². The molecule has 1 aliphatic heterocycles. The van der Waals surface area contributed by atoms with Crippen molar-refractivity contribution in [1.82, 2.24) is 9.88 Å². The Balaban J connectivity index is 1.81. The quantitative estimate of drug-likeness (QED) is 0.798. The van der Waals surface area contributed by atoms with Gasteiger partial charge in [-0.05, 0) is 49.8 Å². The molecule has 122 valence electrons. The van der Waals surface area contributed by atoms with Gasteiger partial charge in [0.25, 0.3) is 0 Å². The van der Waals surface area contributed by atoms with Crippen molar-refractivity contribution in [3.8, 4) is 0 Å². The number of hydrogen-bond donors (Lipinski definition) is 0. The van der Waals surface area contributed by atoms with Crippen molar-refractivity contribution >= 4 is 15.7 Å². The second kappa shape index (κ2) is 7.72. The molecule has 0 aliphatic carbocycles. The molecule has 0 radical (unpaired) electrons. The molecule has 1 saturated heterocycles. The summed E-state index contributed by atoms with van der Waals surface area (Å²) in [5, 5.41) is 0. The third-order valence-corrected chi connectivity index (χ3v) is 6.01. The van der Waals surface area contributed by atoms with E-state index in [0.717, 1.165) is 6.42 Å². The third-order valence-electron chi connectivity index (χ3n) is 4.29. The van der Waals surface area contributed by atoms with Crippen LogP contribution in [0.5, 0.6) is 0 Å². The van der Waals surface area contributed by atoms with Gasteiger partial charge < -0.3 is 4.90 Å². The van der Waals surface area contributed by atoms with Crippen LogP contribution in [0.25, 0.3) is 0 Å². The molecule has 0 saturated carbocycles. The highest BCUT2D eigenvalue weighted by Crippen LogP contribution is 2.22. The Morgan fingerprint density at radius 3 is 2.50 bits per heavy atom. The number of aromatic nitrogens is 1. The topological polar surface area (TPSA) is 67.3 Å². The molecule has 1 amide bonds. The SMILES string of the molecule is CCN(CCc1ccncc1)C(=O)CC1CCS(=O)(=O)CC1. The van der Waals surface area contributed by atoms with Gasteiger partial charge in [0, 0.05) is 31.9 Å². The Bertz CT molecular complexity index is 573. The van der Waals surface area contributed by atoms with E-state index in [-0.39, 0.29) is 23.3 Å². The monoisotopic (exact) mass is 324 g/mol. The van der Waals surface area contributed by atoms with E-state index in [0.29, 0.717) is 32.4 Å². The molecule has 0 N–H and O–H groups in total. The minimum Gasteiger partial charge on any atom is -0.343 e. The van der Waals surface area contributed by atoms with Crippen LogP contribution in [0.15, 0.2) is 24.5 Å². The minimum absolute atomic E-state index is 0.140. The van der Waals surface area contributed by atoms with Crippen LogP contribution in [-0.4, -0.2) is 48.8 Å². The predicted molar refractivity (Wildman–Crippen MR) is 86.2 cm³/mol. The molecule has 2 rings (SSSR count). The fourth-order valence-corrected chi connectivity index (χ4v) is 4.38. The van der Waals surface area contributed by atoms with Crippen LogP contribution in [0.1, 0.15) is 31.7 Å². The van der Waals surface area contributed by atoms with E-state index in [1.165, 1.54) is 5.56 Å². The maximum atomic E-state index is 12.4. The van der Waals surface area contributed by atoms with Crippen LogP contribution in [0.2, 0.25) is 0 Å². The van der Waals surface area contributed by atoms with Crippen LogP contribution >= 0.6 is 0 Å². The number of likely N-dealkylation sites (N-methyl/N-ethyl adjacent to an activating group) is 1. The van der Waals surface area contributed by atoms with Crippen LogP contribution in [0.3, 0.4) is 0 Å². The van der Waals surface area contributed by atoms with E-state index in [1.807, 2.05) is 24.0 Å². The molecular formula is C16H24N2O3S. The number of carbonyl (C=O) groups excluding carboxylic acids is 1. The highest BCUT2D eigenvalue weighted by molar-refractivity contribution is 7.91. The Kier molecular flexibility index (Phi) is 5.94. The molecular weight excluding hydrogens is 300 g/mol. The Morgan fingerprint density at radius 1 is 1.27 bits per heavy atom. The van der Waals surface area contributed by atoms with E-state index in [1.54, 1.807) is 12.4 Å². The predicted octanol–water partition coefficient (Wildman–Crippen LogP) is 1.69. The lowest BCUT2D eigenvalue weighted by Crippen LogP contribution is -2.35. The fourth-order valence-electron chi connectivity index (χ4n) is 2.79. The fraction of sp³-hybridized carbons (Fsp3) is 0.625. The van der Waals surface area contributed by atoms with Crippen LogP contribution < -0.4 is 0 Å². The molecule has 1 aromatic rings. The molecule has 1 aromatic heterocycles. The van der Waals surface area contributed by atoms with Gasteiger partial charge in [0.05, 0.1) is 11.5 Å². The lowest BCUT2D eigenvalue weighted by atomic mass is 9.98. The molecule has 0 unspecified atom stereocenters. The smallest absolute Gasteiger partial charge is 0.222 e.